The van der Waals surface area contributed by atoms with Gasteiger partial charge in [0.15, 0.2) is 0 Å². The molecule has 18 heavy (non-hydrogen) atoms. The zero-order valence-electron chi connectivity index (χ0n) is 11.9. The molecule has 3 heteroatoms. The highest BCUT2D eigenvalue weighted by Crippen LogP contribution is 2.22. The van der Waals surface area contributed by atoms with Crippen molar-refractivity contribution in [3.63, 3.8) is 0 Å². The maximum absolute atomic E-state index is 12.2. The molecule has 1 radical (unpaired) electrons. The molecule has 103 valence electrons. The highest BCUT2D eigenvalue weighted by Gasteiger charge is 2.26. The summed E-state index contributed by atoms with van der Waals surface area (Å²) in [5.74, 6) is 0.971. The Morgan fingerprint density at radius 3 is 2.67 bits per heavy atom. The van der Waals surface area contributed by atoms with Crippen molar-refractivity contribution in [1.82, 2.24) is 9.80 Å². The molecule has 2 aliphatic heterocycles. The van der Waals surface area contributed by atoms with Gasteiger partial charge in [-0.05, 0) is 58.4 Å². The topological polar surface area (TPSA) is 23.6 Å². The molecule has 2 aliphatic rings. The van der Waals surface area contributed by atoms with E-state index in [4.69, 9.17) is 0 Å². The van der Waals surface area contributed by atoms with Gasteiger partial charge >= 0.3 is 0 Å². The molecule has 2 heterocycles. The van der Waals surface area contributed by atoms with E-state index in [0.29, 0.717) is 17.9 Å². The van der Waals surface area contributed by atoms with Crippen molar-refractivity contribution in [1.29, 1.82) is 0 Å². The lowest BCUT2D eigenvalue weighted by Gasteiger charge is -2.36. The van der Waals surface area contributed by atoms with Crippen LogP contribution < -0.4 is 0 Å². The molecule has 0 aromatic rings. The number of nitrogens with zero attached hydrogens (tertiary/aromatic N) is 2. The number of amides is 1. The zero-order chi connectivity index (χ0) is 13.0. The first-order valence-corrected chi connectivity index (χ1v) is 7.50. The second kappa shape index (κ2) is 6.55. The van der Waals surface area contributed by atoms with Crippen LogP contribution in [0.25, 0.3) is 0 Å². The fourth-order valence-electron chi connectivity index (χ4n) is 3.11. The average Bonchev–Trinajstić information content (AvgIpc) is 2.40. The summed E-state index contributed by atoms with van der Waals surface area (Å²) in [7, 11) is 0. The van der Waals surface area contributed by atoms with Gasteiger partial charge in [-0.2, -0.15) is 0 Å². The first-order valence-electron chi connectivity index (χ1n) is 7.50. The van der Waals surface area contributed by atoms with Crippen molar-refractivity contribution < 1.29 is 4.79 Å². The number of carbonyl (C=O) groups is 1. The Balaban J connectivity index is 1.79. The predicted octanol–water partition coefficient (Wildman–Crippen LogP) is 2.32. The summed E-state index contributed by atoms with van der Waals surface area (Å²) in [4.78, 5) is 16.8. The number of rotatable bonds is 3. The van der Waals surface area contributed by atoms with Crippen LogP contribution in [-0.4, -0.2) is 47.9 Å². The van der Waals surface area contributed by atoms with Crippen molar-refractivity contribution in [3.05, 3.63) is 6.42 Å². The number of hydrogen-bond donors (Lipinski definition) is 0. The Hall–Kier alpha value is -0.570. The monoisotopic (exact) mass is 251 g/mol. The fraction of sp³-hybridized carbons (Fsp3) is 0.867. The molecule has 3 nitrogen and oxygen atoms in total. The third-order valence-electron chi connectivity index (χ3n) is 4.30. The molecule has 1 atom stereocenters. The first-order chi connectivity index (χ1) is 8.66. The van der Waals surface area contributed by atoms with E-state index in [1.165, 1.54) is 19.4 Å². The highest BCUT2D eigenvalue weighted by atomic mass is 16.2. The van der Waals surface area contributed by atoms with Crippen LogP contribution in [0.2, 0.25) is 0 Å². The van der Waals surface area contributed by atoms with Crippen LogP contribution in [0.15, 0.2) is 0 Å². The molecule has 0 bridgehead atoms. The van der Waals surface area contributed by atoms with Crippen LogP contribution in [-0.2, 0) is 4.79 Å². The van der Waals surface area contributed by atoms with Crippen LogP contribution in [0.1, 0.15) is 46.0 Å². The SMILES string of the molecule is CC(C)N1CCCC(CC(=O)N2CC[CH]CC2)C1. The van der Waals surface area contributed by atoms with Gasteiger partial charge in [-0.15, -0.1) is 0 Å². The number of likely N-dealkylation sites (tertiary alicyclic amines) is 2. The highest BCUT2D eigenvalue weighted by molar-refractivity contribution is 5.76. The molecule has 0 saturated carbocycles. The molecule has 2 saturated heterocycles. The largest absolute Gasteiger partial charge is 0.343 e. The maximum Gasteiger partial charge on any atom is 0.222 e. The number of piperidine rings is 2. The number of hydrogen-bond acceptors (Lipinski definition) is 2. The fourth-order valence-corrected chi connectivity index (χ4v) is 3.11. The Morgan fingerprint density at radius 1 is 1.28 bits per heavy atom. The average molecular weight is 251 g/mol. The normalized spacial score (nSPS) is 26.6. The summed E-state index contributed by atoms with van der Waals surface area (Å²) in [5, 5.41) is 0. The molecule has 0 spiro atoms. The van der Waals surface area contributed by atoms with Gasteiger partial charge in [0.25, 0.3) is 0 Å². The van der Waals surface area contributed by atoms with E-state index in [1.807, 2.05) is 0 Å². The molecule has 0 aromatic carbocycles. The van der Waals surface area contributed by atoms with Crippen molar-refractivity contribution in [2.45, 2.75) is 52.0 Å². The lowest BCUT2D eigenvalue weighted by Crippen LogP contribution is -2.43. The molecule has 0 aliphatic carbocycles. The second-order valence-electron chi connectivity index (χ2n) is 6.05. The predicted molar refractivity (Wildman–Crippen MR) is 74.2 cm³/mol. The molecular formula is C15H27N2O. The van der Waals surface area contributed by atoms with Gasteiger partial charge in [-0.1, -0.05) is 0 Å². The molecule has 2 rings (SSSR count). The van der Waals surface area contributed by atoms with Crippen LogP contribution in [0.3, 0.4) is 0 Å². The lowest BCUT2D eigenvalue weighted by molar-refractivity contribution is -0.133. The van der Waals surface area contributed by atoms with E-state index >= 15 is 0 Å². The first kappa shape index (κ1) is 13.9. The van der Waals surface area contributed by atoms with E-state index in [0.717, 1.165) is 38.9 Å². The van der Waals surface area contributed by atoms with E-state index in [9.17, 15) is 4.79 Å². The quantitative estimate of drug-likeness (QED) is 0.768. The minimum atomic E-state index is 0.388. The lowest BCUT2D eigenvalue weighted by atomic mass is 9.93. The molecule has 2 fully saturated rings. The Bertz CT molecular complexity index is 272. The van der Waals surface area contributed by atoms with Gasteiger partial charge in [0.2, 0.25) is 5.91 Å². The van der Waals surface area contributed by atoms with Gasteiger partial charge in [-0.3, -0.25) is 4.79 Å². The zero-order valence-corrected chi connectivity index (χ0v) is 11.9. The molecule has 0 aromatic heterocycles. The van der Waals surface area contributed by atoms with Crippen molar-refractivity contribution >= 4 is 5.91 Å². The van der Waals surface area contributed by atoms with E-state index in [-0.39, 0.29) is 0 Å². The van der Waals surface area contributed by atoms with Crippen LogP contribution in [0.4, 0.5) is 0 Å². The smallest absolute Gasteiger partial charge is 0.222 e. The third-order valence-corrected chi connectivity index (χ3v) is 4.30. The summed E-state index contributed by atoms with van der Waals surface area (Å²) in [6.07, 6.45) is 7.70. The summed E-state index contributed by atoms with van der Waals surface area (Å²) in [5.41, 5.74) is 0. The minimum Gasteiger partial charge on any atom is -0.343 e. The van der Waals surface area contributed by atoms with Crippen LogP contribution >= 0.6 is 0 Å². The van der Waals surface area contributed by atoms with Gasteiger partial charge in [0.05, 0.1) is 0 Å². The molecular weight excluding hydrogens is 224 g/mol. The van der Waals surface area contributed by atoms with Gasteiger partial charge < -0.3 is 9.80 Å². The third kappa shape index (κ3) is 3.71. The molecule has 1 amide bonds. The standard InChI is InChI=1S/C15H27N2O/c1-13(2)17-10-6-7-14(12-17)11-15(18)16-8-4-3-5-9-16/h3,13-14H,4-12H2,1-2H3. The summed E-state index contributed by atoms with van der Waals surface area (Å²) in [6.45, 7) is 8.72. The summed E-state index contributed by atoms with van der Waals surface area (Å²) in [6, 6.07) is 0.618. The minimum absolute atomic E-state index is 0.388. The Morgan fingerprint density at radius 2 is 2.00 bits per heavy atom. The second-order valence-corrected chi connectivity index (χ2v) is 6.05. The summed E-state index contributed by atoms with van der Waals surface area (Å²) < 4.78 is 0. The van der Waals surface area contributed by atoms with Gasteiger partial charge in [0.1, 0.15) is 0 Å². The van der Waals surface area contributed by atoms with Crippen LogP contribution in [0, 0.1) is 12.3 Å². The maximum atomic E-state index is 12.2. The Kier molecular flexibility index (Phi) is 5.04. The van der Waals surface area contributed by atoms with E-state index in [2.05, 4.69) is 30.1 Å². The Labute approximate surface area is 112 Å². The van der Waals surface area contributed by atoms with Crippen molar-refractivity contribution in [3.8, 4) is 0 Å². The van der Waals surface area contributed by atoms with E-state index in [1.54, 1.807) is 0 Å². The molecule has 0 N–H and O–H groups in total. The van der Waals surface area contributed by atoms with Gasteiger partial charge in [-0.25, -0.2) is 0 Å². The van der Waals surface area contributed by atoms with Crippen LogP contribution in [0.5, 0.6) is 0 Å². The summed E-state index contributed by atoms with van der Waals surface area (Å²) >= 11 is 0. The van der Waals surface area contributed by atoms with E-state index < -0.39 is 0 Å². The number of carbonyl (C=O) groups excluding carboxylic acids is 1. The van der Waals surface area contributed by atoms with Crippen molar-refractivity contribution in [2.75, 3.05) is 26.2 Å². The molecule has 1 unspecified atom stereocenters. The van der Waals surface area contributed by atoms with Gasteiger partial charge in [0, 0.05) is 32.1 Å². The van der Waals surface area contributed by atoms with Crippen molar-refractivity contribution in [2.24, 2.45) is 5.92 Å².